The van der Waals surface area contributed by atoms with Gasteiger partial charge in [-0.15, -0.1) is 0 Å². The Morgan fingerprint density at radius 2 is 1.86 bits per heavy atom. The SMILES string of the molecule is C=CCOc1c(Cl)cc(/C=C2\SC(=O)N(CC(=O)Nc3cc(C(F)(F)F)ccc3OC)C2=O)cc1OC. The number of carbonyl (C=O) groups is 3. The van der Waals surface area contributed by atoms with Gasteiger partial charge < -0.3 is 19.5 Å². The maximum atomic E-state index is 13.1. The normalized spacial score (nSPS) is 14.6. The van der Waals surface area contributed by atoms with E-state index in [1.807, 2.05) is 0 Å². The first-order valence-electron chi connectivity index (χ1n) is 10.4. The predicted octanol–water partition coefficient (Wildman–Crippen LogP) is 5.62. The van der Waals surface area contributed by atoms with Gasteiger partial charge in [0.2, 0.25) is 5.91 Å². The molecule has 0 saturated carbocycles. The van der Waals surface area contributed by atoms with Gasteiger partial charge in [-0.1, -0.05) is 24.3 Å². The lowest BCUT2D eigenvalue weighted by atomic mass is 10.1. The molecule has 0 aromatic heterocycles. The fraction of sp³-hybridized carbons (Fsp3) is 0.208. The molecule has 1 aliphatic heterocycles. The summed E-state index contributed by atoms with van der Waals surface area (Å²) in [6, 6.07) is 5.60. The summed E-state index contributed by atoms with van der Waals surface area (Å²) >= 11 is 6.86. The first-order valence-corrected chi connectivity index (χ1v) is 11.6. The number of alkyl halides is 3. The zero-order valence-electron chi connectivity index (χ0n) is 19.5. The molecule has 0 spiro atoms. The number of ether oxygens (including phenoxy) is 3. The van der Waals surface area contributed by atoms with E-state index in [0.29, 0.717) is 28.3 Å². The minimum Gasteiger partial charge on any atom is -0.495 e. The molecule has 1 heterocycles. The molecule has 3 amide bonds. The van der Waals surface area contributed by atoms with E-state index >= 15 is 0 Å². The van der Waals surface area contributed by atoms with Gasteiger partial charge >= 0.3 is 6.18 Å². The van der Waals surface area contributed by atoms with E-state index in [1.54, 1.807) is 6.07 Å². The Kier molecular flexibility index (Phi) is 8.77. The number of methoxy groups -OCH3 is 2. The Hall–Kier alpha value is -3.64. The van der Waals surface area contributed by atoms with Crippen LogP contribution in [0.3, 0.4) is 0 Å². The van der Waals surface area contributed by atoms with Gasteiger partial charge in [0.05, 0.1) is 35.4 Å². The number of rotatable bonds is 9. The van der Waals surface area contributed by atoms with Crippen molar-refractivity contribution in [2.24, 2.45) is 0 Å². The third-order valence-corrected chi connectivity index (χ3v) is 6.06. The lowest BCUT2D eigenvalue weighted by Crippen LogP contribution is -2.36. The van der Waals surface area contributed by atoms with Crippen molar-refractivity contribution in [3.8, 4) is 17.2 Å². The highest BCUT2D eigenvalue weighted by atomic mass is 35.5. The molecule has 13 heteroatoms. The molecule has 0 unspecified atom stereocenters. The maximum Gasteiger partial charge on any atom is 0.416 e. The van der Waals surface area contributed by atoms with Gasteiger partial charge in [0.1, 0.15) is 18.9 Å². The molecule has 2 aromatic rings. The Labute approximate surface area is 219 Å². The van der Waals surface area contributed by atoms with Crippen LogP contribution in [0.5, 0.6) is 17.2 Å². The van der Waals surface area contributed by atoms with E-state index in [-0.39, 0.29) is 39.5 Å². The van der Waals surface area contributed by atoms with Gasteiger partial charge in [0, 0.05) is 0 Å². The van der Waals surface area contributed by atoms with Gasteiger partial charge in [-0.05, 0) is 53.7 Å². The zero-order chi connectivity index (χ0) is 27.3. The molecule has 37 heavy (non-hydrogen) atoms. The van der Waals surface area contributed by atoms with Crippen molar-refractivity contribution in [3.63, 3.8) is 0 Å². The van der Waals surface area contributed by atoms with E-state index in [0.717, 1.165) is 12.1 Å². The number of thioether (sulfide) groups is 1. The van der Waals surface area contributed by atoms with E-state index in [9.17, 15) is 27.6 Å². The summed E-state index contributed by atoms with van der Waals surface area (Å²) in [6.07, 6.45) is -1.73. The third-order valence-electron chi connectivity index (χ3n) is 4.87. The van der Waals surface area contributed by atoms with E-state index < -0.39 is 35.3 Å². The largest absolute Gasteiger partial charge is 0.495 e. The highest BCUT2D eigenvalue weighted by molar-refractivity contribution is 8.18. The Morgan fingerprint density at radius 1 is 1.16 bits per heavy atom. The summed E-state index contributed by atoms with van der Waals surface area (Å²) in [7, 11) is 2.63. The van der Waals surface area contributed by atoms with Crippen molar-refractivity contribution in [2.45, 2.75) is 6.18 Å². The number of hydrogen-bond donors (Lipinski definition) is 1. The van der Waals surface area contributed by atoms with Crippen LogP contribution in [0.4, 0.5) is 23.7 Å². The monoisotopic (exact) mass is 556 g/mol. The molecule has 0 radical (unpaired) electrons. The molecule has 1 saturated heterocycles. The average molecular weight is 557 g/mol. The van der Waals surface area contributed by atoms with Crippen LogP contribution in [0.2, 0.25) is 5.02 Å². The van der Waals surface area contributed by atoms with Gasteiger partial charge in [0.25, 0.3) is 11.1 Å². The van der Waals surface area contributed by atoms with Gasteiger partial charge in [0.15, 0.2) is 11.5 Å². The quantitative estimate of drug-likeness (QED) is 0.317. The second-order valence-corrected chi connectivity index (χ2v) is 8.76. The van der Waals surface area contributed by atoms with Crippen molar-refractivity contribution < 1.29 is 41.8 Å². The number of amides is 3. The smallest absolute Gasteiger partial charge is 0.416 e. The molecular formula is C24H20ClF3N2O6S. The highest BCUT2D eigenvalue weighted by Gasteiger charge is 2.37. The molecule has 0 atom stereocenters. The molecule has 3 rings (SSSR count). The number of carbonyl (C=O) groups excluding carboxylic acids is 3. The number of benzene rings is 2. The second kappa shape index (κ2) is 11.6. The minimum atomic E-state index is -4.65. The topological polar surface area (TPSA) is 94.2 Å². The molecule has 8 nitrogen and oxygen atoms in total. The fourth-order valence-corrected chi connectivity index (χ4v) is 4.32. The average Bonchev–Trinajstić information content (AvgIpc) is 3.09. The molecule has 2 aromatic carbocycles. The van der Waals surface area contributed by atoms with Crippen LogP contribution in [0.15, 0.2) is 47.9 Å². The molecular weight excluding hydrogens is 537 g/mol. The van der Waals surface area contributed by atoms with E-state index in [4.69, 9.17) is 25.8 Å². The standard InChI is InChI=1S/C24H20ClF3N2O6S/c1-4-7-36-21-15(25)8-13(9-18(21)35-3)10-19-22(32)30(23(33)37-19)12-20(31)29-16-11-14(24(26,27)28)5-6-17(16)34-2/h4-6,8-11H,1,7,12H2,2-3H3,(H,29,31)/b19-10-. The predicted molar refractivity (Wildman–Crippen MR) is 133 cm³/mol. The van der Waals surface area contributed by atoms with Crippen molar-refractivity contribution in [1.29, 1.82) is 0 Å². The fourth-order valence-electron chi connectivity index (χ4n) is 3.21. The van der Waals surface area contributed by atoms with E-state index in [1.165, 1.54) is 32.4 Å². The molecule has 0 aliphatic carbocycles. The number of nitrogens with one attached hydrogen (secondary N) is 1. The first kappa shape index (κ1) is 27.9. The lowest BCUT2D eigenvalue weighted by Gasteiger charge is -2.16. The number of imide groups is 1. The third kappa shape index (κ3) is 6.57. The van der Waals surface area contributed by atoms with Crippen LogP contribution >= 0.6 is 23.4 Å². The van der Waals surface area contributed by atoms with Crippen LogP contribution in [0, 0.1) is 0 Å². The summed E-state index contributed by atoms with van der Waals surface area (Å²) in [5.74, 6) is -1.12. The number of halogens is 4. The van der Waals surface area contributed by atoms with Crippen molar-refractivity contribution in [1.82, 2.24) is 4.90 Å². The van der Waals surface area contributed by atoms with Crippen LogP contribution < -0.4 is 19.5 Å². The van der Waals surface area contributed by atoms with E-state index in [2.05, 4.69) is 11.9 Å². The van der Waals surface area contributed by atoms with Crippen LogP contribution in [0.1, 0.15) is 11.1 Å². The maximum absolute atomic E-state index is 13.1. The van der Waals surface area contributed by atoms with Crippen molar-refractivity contribution >= 4 is 52.2 Å². The zero-order valence-corrected chi connectivity index (χ0v) is 21.1. The molecule has 1 aliphatic rings. The number of nitrogens with zero attached hydrogens (tertiary/aromatic N) is 1. The van der Waals surface area contributed by atoms with Gasteiger partial charge in [-0.3, -0.25) is 19.3 Å². The van der Waals surface area contributed by atoms with Crippen molar-refractivity contribution in [3.05, 3.63) is 64.0 Å². The highest BCUT2D eigenvalue weighted by Crippen LogP contribution is 2.39. The summed E-state index contributed by atoms with van der Waals surface area (Å²) in [6.45, 7) is 3.02. The Bertz CT molecular complexity index is 1280. The Balaban J connectivity index is 1.78. The second-order valence-electron chi connectivity index (χ2n) is 7.36. The van der Waals surface area contributed by atoms with Crippen molar-refractivity contribution in [2.75, 3.05) is 32.7 Å². The minimum absolute atomic E-state index is 0.00679. The van der Waals surface area contributed by atoms with Gasteiger partial charge in [-0.2, -0.15) is 13.2 Å². The van der Waals surface area contributed by atoms with Crippen LogP contribution in [0.25, 0.3) is 6.08 Å². The first-order chi connectivity index (χ1) is 17.5. The molecule has 1 fully saturated rings. The van der Waals surface area contributed by atoms with Gasteiger partial charge in [-0.25, -0.2) is 0 Å². The summed E-state index contributed by atoms with van der Waals surface area (Å²) in [5.41, 5.74) is -0.838. The Morgan fingerprint density at radius 3 is 2.49 bits per heavy atom. The van der Waals surface area contributed by atoms with Crippen LogP contribution in [-0.2, 0) is 15.8 Å². The lowest BCUT2D eigenvalue weighted by molar-refractivity contribution is -0.137. The number of anilines is 1. The summed E-state index contributed by atoms with van der Waals surface area (Å²) in [5, 5.41) is 1.72. The van der Waals surface area contributed by atoms with Crippen LogP contribution in [-0.4, -0.2) is 49.3 Å². The molecule has 0 bridgehead atoms. The number of hydrogen-bond acceptors (Lipinski definition) is 7. The molecule has 1 N–H and O–H groups in total. The molecule has 196 valence electrons. The summed E-state index contributed by atoms with van der Waals surface area (Å²) < 4.78 is 54.9. The summed E-state index contributed by atoms with van der Waals surface area (Å²) in [4.78, 5) is 38.5.